The average molecular weight is 209 g/mol. The van der Waals surface area contributed by atoms with Crippen molar-refractivity contribution in [1.29, 1.82) is 0 Å². The molecule has 0 aliphatic rings. The van der Waals surface area contributed by atoms with Crippen molar-refractivity contribution >= 4 is 11.3 Å². The van der Waals surface area contributed by atoms with Gasteiger partial charge < -0.3 is 5.11 Å². The largest absolute Gasteiger partial charge is 0.498 e. The molecule has 0 atom stereocenters. The van der Waals surface area contributed by atoms with Gasteiger partial charge in [0, 0.05) is 5.56 Å². The van der Waals surface area contributed by atoms with Gasteiger partial charge in [-0.15, -0.1) is 0 Å². The Morgan fingerprint density at radius 2 is 2.21 bits per heavy atom. The number of hydrogen-bond donors (Lipinski definition) is 1. The maximum Gasteiger partial charge on any atom is 0.195 e. The van der Waals surface area contributed by atoms with Crippen LogP contribution >= 0.6 is 11.3 Å². The summed E-state index contributed by atoms with van der Waals surface area (Å²) in [7, 11) is 0. The highest BCUT2D eigenvalue weighted by Crippen LogP contribution is 2.32. The molecule has 1 aromatic carbocycles. The molecule has 0 aliphatic heterocycles. The summed E-state index contributed by atoms with van der Waals surface area (Å²) in [6, 6.07) is 6.17. The van der Waals surface area contributed by atoms with Crippen molar-refractivity contribution < 1.29 is 9.50 Å². The van der Waals surface area contributed by atoms with Crippen LogP contribution in [0.5, 0.6) is 5.06 Å². The minimum atomic E-state index is -0.296. The van der Waals surface area contributed by atoms with Crippen molar-refractivity contribution in [3.05, 3.63) is 35.8 Å². The van der Waals surface area contributed by atoms with Gasteiger partial charge >= 0.3 is 0 Å². The van der Waals surface area contributed by atoms with E-state index in [9.17, 15) is 9.50 Å². The summed E-state index contributed by atoms with van der Waals surface area (Å²) in [6.07, 6.45) is 0. The van der Waals surface area contributed by atoms with E-state index in [1.165, 1.54) is 12.1 Å². The molecule has 0 fully saturated rings. The number of aromatic hydroxyl groups is 1. The van der Waals surface area contributed by atoms with Crippen LogP contribution in [0.4, 0.5) is 4.39 Å². The maximum atomic E-state index is 12.9. The van der Waals surface area contributed by atoms with Crippen LogP contribution in [-0.2, 0) is 0 Å². The molecule has 0 bridgehead atoms. The van der Waals surface area contributed by atoms with Gasteiger partial charge in [0.1, 0.15) is 10.8 Å². The summed E-state index contributed by atoms with van der Waals surface area (Å²) in [5.41, 5.74) is 1.27. The SMILES string of the molecule is Cc1nc(-c2cccc(F)c2)sc1O. The second-order valence-electron chi connectivity index (χ2n) is 2.92. The Hall–Kier alpha value is -1.42. The van der Waals surface area contributed by atoms with Crippen molar-refractivity contribution in [3.8, 4) is 15.6 Å². The van der Waals surface area contributed by atoms with Gasteiger partial charge in [-0.25, -0.2) is 9.37 Å². The third kappa shape index (κ3) is 1.61. The molecule has 1 aromatic heterocycles. The van der Waals surface area contributed by atoms with Gasteiger partial charge in [0.25, 0.3) is 0 Å². The molecule has 14 heavy (non-hydrogen) atoms. The van der Waals surface area contributed by atoms with E-state index in [1.54, 1.807) is 19.1 Å². The molecular weight excluding hydrogens is 201 g/mol. The van der Waals surface area contributed by atoms with Crippen molar-refractivity contribution in [2.45, 2.75) is 6.92 Å². The number of aryl methyl sites for hydroxylation is 1. The summed E-state index contributed by atoms with van der Waals surface area (Å²) in [5.74, 6) is -0.296. The van der Waals surface area contributed by atoms with Gasteiger partial charge in [0.05, 0.1) is 5.69 Å². The molecule has 2 rings (SSSR count). The van der Waals surface area contributed by atoms with Crippen molar-refractivity contribution in [1.82, 2.24) is 4.98 Å². The van der Waals surface area contributed by atoms with Crippen molar-refractivity contribution in [2.75, 3.05) is 0 Å². The van der Waals surface area contributed by atoms with Crippen LogP contribution in [0.1, 0.15) is 5.69 Å². The third-order valence-corrected chi connectivity index (χ3v) is 2.85. The Balaban J connectivity index is 2.49. The van der Waals surface area contributed by atoms with E-state index in [4.69, 9.17) is 0 Å². The Labute approximate surface area is 84.7 Å². The first-order valence-electron chi connectivity index (χ1n) is 4.09. The Bertz CT molecular complexity index is 447. The molecule has 0 radical (unpaired) electrons. The predicted molar refractivity (Wildman–Crippen MR) is 53.9 cm³/mol. The molecule has 0 spiro atoms. The summed E-state index contributed by atoms with van der Waals surface area (Å²) >= 11 is 1.15. The van der Waals surface area contributed by atoms with Crippen LogP contribution in [0.15, 0.2) is 24.3 Å². The molecule has 1 heterocycles. The van der Waals surface area contributed by atoms with Gasteiger partial charge in [-0.3, -0.25) is 0 Å². The van der Waals surface area contributed by atoms with Crippen molar-refractivity contribution in [2.24, 2.45) is 0 Å². The van der Waals surface area contributed by atoms with Crippen LogP contribution in [0.2, 0.25) is 0 Å². The van der Waals surface area contributed by atoms with Gasteiger partial charge in [-0.05, 0) is 19.1 Å². The Morgan fingerprint density at radius 1 is 1.43 bits per heavy atom. The number of thiazole rings is 1. The van der Waals surface area contributed by atoms with Gasteiger partial charge in [-0.1, -0.05) is 23.5 Å². The van der Waals surface area contributed by atoms with E-state index in [0.717, 1.165) is 11.3 Å². The summed E-state index contributed by atoms with van der Waals surface area (Å²) < 4.78 is 12.9. The molecule has 0 amide bonds. The standard InChI is InChI=1S/C10H8FNOS/c1-6-10(13)14-9(12-6)7-3-2-4-8(11)5-7/h2-5,13H,1H3. The lowest BCUT2D eigenvalue weighted by Crippen LogP contribution is -1.78. The van der Waals surface area contributed by atoms with Gasteiger partial charge in [0.15, 0.2) is 5.06 Å². The number of halogens is 1. The fourth-order valence-electron chi connectivity index (χ4n) is 1.13. The van der Waals surface area contributed by atoms with Crippen molar-refractivity contribution in [3.63, 3.8) is 0 Å². The number of benzene rings is 1. The molecule has 72 valence electrons. The quantitative estimate of drug-likeness (QED) is 0.783. The summed E-state index contributed by atoms with van der Waals surface area (Å²) in [5, 5.41) is 10.2. The van der Waals surface area contributed by atoms with E-state index in [1.807, 2.05) is 0 Å². The second kappa shape index (κ2) is 3.38. The highest BCUT2D eigenvalue weighted by atomic mass is 32.1. The lowest BCUT2D eigenvalue weighted by atomic mass is 10.2. The van der Waals surface area contributed by atoms with E-state index in [2.05, 4.69) is 4.98 Å². The maximum absolute atomic E-state index is 12.9. The molecule has 1 N–H and O–H groups in total. The minimum Gasteiger partial charge on any atom is -0.498 e. The monoisotopic (exact) mass is 209 g/mol. The summed E-state index contributed by atoms with van der Waals surface area (Å²) in [4.78, 5) is 4.12. The normalized spacial score (nSPS) is 10.4. The topological polar surface area (TPSA) is 33.1 Å². The molecule has 0 aliphatic carbocycles. The highest BCUT2D eigenvalue weighted by Gasteiger charge is 2.08. The molecule has 2 nitrogen and oxygen atoms in total. The zero-order valence-electron chi connectivity index (χ0n) is 7.49. The zero-order valence-corrected chi connectivity index (χ0v) is 8.31. The molecule has 2 aromatic rings. The van der Waals surface area contributed by atoms with Crippen LogP contribution in [-0.4, -0.2) is 10.1 Å². The van der Waals surface area contributed by atoms with E-state index < -0.39 is 0 Å². The predicted octanol–water partition coefficient (Wildman–Crippen LogP) is 2.96. The third-order valence-electron chi connectivity index (χ3n) is 1.84. The Kier molecular flexibility index (Phi) is 2.21. The fourth-order valence-corrected chi connectivity index (χ4v) is 1.94. The first-order valence-corrected chi connectivity index (χ1v) is 4.91. The minimum absolute atomic E-state index is 0.185. The zero-order chi connectivity index (χ0) is 10.1. The first-order chi connectivity index (χ1) is 6.66. The lowest BCUT2D eigenvalue weighted by molar-refractivity contribution is 0.485. The number of aromatic nitrogens is 1. The number of nitrogens with zero attached hydrogens (tertiary/aromatic N) is 1. The second-order valence-corrected chi connectivity index (χ2v) is 3.90. The molecule has 0 saturated carbocycles. The summed E-state index contributed by atoms with van der Waals surface area (Å²) in [6.45, 7) is 1.72. The van der Waals surface area contributed by atoms with Gasteiger partial charge in [0.2, 0.25) is 0 Å². The van der Waals surface area contributed by atoms with Crippen LogP contribution in [0.25, 0.3) is 10.6 Å². The number of hydrogen-bond acceptors (Lipinski definition) is 3. The van der Waals surface area contributed by atoms with E-state index in [-0.39, 0.29) is 10.9 Å². The van der Waals surface area contributed by atoms with E-state index >= 15 is 0 Å². The lowest BCUT2D eigenvalue weighted by Gasteiger charge is -1.94. The molecule has 0 unspecified atom stereocenters. The number of rotatable bonds is 1. The smallest absolute Gasteiger partial charge is 0.195 e. The van der Waals surface area contributed by atoms with Crippen LogP contribution in [0.3, 0.4) is 0 Å². The first kappa shape index (κ1) is 9.15. The Morgan fingerprint density at radius 3 is 2.79 bits per heavy atom. The molecular formula is C10H8FNOS. The van der Waals surface area contributed by atoms with Gasteiger partial charge in [-0.2, -0.15) is 0 Å². The van der Waals surface area contributed by atoms with Crippen LogP contribution in [0, 0.1) is 12.7 Å². The highest BCUT2D eigenvalue weighted by molar-refractivity contribution is 7.16. The van der Waals surface area contributed by atoms with E-state index in [0.29, 0.717) is 16.3 Å². The fraction of sp³-hybridized carbons (Fsp3) is 0.100. The average Bonchev–Trinajstić information content (AvgIpc) is 2.47. The molecule has 0 saturated heterocycles. The molecule has 4 heteroatoms. The van der Waals surface area contributed by atoms with Crippen LogP contribution < -0.4 is 0 Å².